The molecule has 1 N–H and O–H groups in total. The van der Waals surface area contributed by atoms with Gasteiger partial charge >= 0.3 is 11.9 Å². The van der Waals surface area contributed by atoms with Crippen LogP contribution in [0.15, 0.2) is 18.2 Å². The van der Waals surface area contributed by atoms with Gasteiger partial charge in [-0.05, 0) is 38.5 Å². The number of methoxy groups -OCH3 is 3. The number of ketones is 1. The Hall–Kier alpha value is -3.29. The SMILES string of the molecule is COC(=O)c1c(C)[nH]c(C(=O)C(C)OC(=O)c2cc(OC)cc(OC)c2)c1C. The molecule has 8 heteroatoms. The quantitative estimate of drug-likeness (QED) is 0.573. The maximum atomic E-state index is 12.7. The van der Waals surface area contributed by atoms with Gasteiger partial charge in [-0.2, -0.15) is 0 Å². The van der Waals surface area contributed by atoms with Crippen molar-refractivity contribution in [2.75, 3.05) is 21.3 Å². The Labute approximate surface area is 162 Å². The van der Waals surface area contributed by atoms with E-state index >= 15 is 0 Å². The van der Waals surface area contributed by atoms with E-state index in [9.17, 15) is 14.4 Å². The number of carbonyl (C=O) groups excluding carboxylic acids is 3. The van der Waals surface area contributed by atoms with Crippen molar-refractivity contribution in [3.8, 4) is 11.5 Å². The molecule has 1 unspecified atom stereocenters. The standard InChI is InChI=1S/C20H23NO7/c1-10-16(20(24)27-6)11(2)21-17(10)18(22)12(3)28-19(23)13-7-14(25-4)9-15(8-13)26-5/h7-9,12,21H,1-6H3. The molecule has 0 fully saturated rings. The van der Waals surface area contributed by atoms with Crippen molar-refractivity contribution in [1.29, 1.82) is 0 Å². The Kier molecular flexibility index (Phi) is 6.45. The van der Waals surface area contributed by atoms with E-state index in [1.54, 1.807) is 19.9 Å². The summed E-state index contributed by atoms with van der Waals surface area (Å²) in [5.41, 5.74) is 1.62. The first-order chi connectivity index (χ1) is 13.2. The van der Waals surface area contributed by atoms with Crippen LogP contribution >= 0.6 is 0 Å². The van der Waals surface area contributed by atoms with Crippen LogP contribution in [-0.4, -0.2) is 50.1 Å². The molecule has 1 aromatic heterocycles. The van der Waals surface area contributed by atoms with Gasteiger partial charge in [-0.25, -0.2) is 9.59 Å². The fourth-order valence-electron chi connectivity index (χ4n) is 2.82. The molecule has 1 heterocycles. The maximum absolute atomic E-state index is 12.7. The van der Waals surface area contributed by atoms with Crippen LogP contribution in [0, 0.1) is 13.8 Å². The van der Waals surface area contributed by atoms with Gasteiger partial charge in [-0.15, -0.1) is 0 Å². The van der Waals surface area contributed by atoms with Crippen LogP contribution in [0.5, 0.6) is 11.5 Å². The minimum absolute atomic E-state index is 0.186. The third-order valence-electron chi connectivity index (χ3n) is 4.31. The zero-order valence-electron chi connectivity index (χ0n) is 16.7. The molecule has 8 nitrogen and oxygen atoms in total. The van der Waals surface area contributed by atoms with E-state index in [0.29, 0.717) is 28.3 Å². The number of H-pyrrole nitrogens is 1. The average molecular weight is 389 g/mol. The van der Waals surface area contributed by atoms with Crippen LogP contribution < -0.4 is 9.47 Å². The van der Waals surface area contributed by atoms with Crippen molar-refractivity contribution in [2.45, 2.75) is 26.9 Å². The summed E-state index contributed by atoms with van der Waals surface area (Å²) in [5.74, 6) is -0.864. The number of esters is 2. The summed E-state index contributed by atoms with van der Waals surface area (Å²) in [4.78, 5) is 40.0. The first-order valence-corrected chi connectivity index (χ1v) is 8.49. The molecular formula is C20H23NO7. The third kappa shape index (κ3) is 4.16. The van der Waals surface area contributed by atoms with E-state index < -0.39 is 23.8 Å². The molecule has 2 rings (SSSR count). The van der Waals surface area contributed by atoms with E-state index in [4.69, 9.17) is 18.9 Å². The molecular weight excluding hydrogens is 366 g/mol. The highest BCUT2D eigenvalue weighted by atomic mass is 16.5. The molecule has 0 amide bonds. The lowest BCUT2D eigenvalue weighted by Crippen LogP contribution is -2.25. The summed E-state index contributed by atoms with van der Waals surface area (Å²) in [5, 5.41) is 0. The topological polar surface area (TPSA) is 104 Å². The van der Waals surface area contributed by atoms with Gasteiger partial charge in [-0.1, -0.05) is 0 Å². The van der Waals surface area contributed by atoms with Gasteiger partial charge in [0.15, 0.2) is 6.10 Å². The summed E-state index contributed by atoms with van der Waals surface area (Å²) < 4.78 is 20.3. The molecule has 150 valence electrons. The lowest BCUT2D eigenvalue weighted by Gasteiger charge is -2.13. The van der Waals surface area contributed by atoms with Crippen LogP contribution in [0.2, 0.25) is 0 Å². The monoisotopic (exact) mass is 389 g/mol. The van der Waals surface area contributed by atoms with Gasteiger partial charge in [-0.3, -0.25) is 4.79 Å². The minimum atomic E-state index is -1.08. The summed E-state index contributed by atoms with van der Waals surface area (Å²) in [6.45, 7) is 4.75. The normalized spacial score (nSPS) is 11.5. The van der Waals surface area contributed by atoms with Gasteiger partial charge < -0.3 is 23.9 Å². The number of nitrogens with one attached hydrogen (secondary N) is 1. The number of benzene rings is 1. The second kappa shape index (κ2) is 8.60. The largest absolute Gasteiger partial charge is 0.497 e. The van der Waals surface area contributed by atoms with E-state index in [0.717, 1.165) is 0 Å². The molecule has 0 bridgehead atoms. The predicted molar refractivity (Wildman–Crippen MR) is 100 cm³/mol. The van der Waals surface area contributed by atoms with Crippen LogP contribution in [0.25, 0.3) is 0 Å². The molecule has 0 aliphatic carbocycles. The number of hydrogen-bond donors (Lipinski definition) is 1. The van der Waals surface area contributed by atoms with Crippen molar-refractivity contribution >= 4 is 17.7 Å². The number of aryl methyl sites for hydroxylation is 1. The molecule has 28 heavy (non-hydrogen) atoms. The Morgan fingerprint density at radius 3 is 2.00 bits per heavy atom. The Bertz CT molecular complexity index is 891. The van der Waals surface area contributed by atoms with Gasteiger partial charge in [0, 0.05) is 11.8 Å². The highest BCUT2D eigenvalue weighted by molar-refractivity contribution is 6.04. The van der Waals surface area contributed by atoms with Gasteiger partial charge in [0.1, 0.15) is 11.5 Å². The second-order valence-electron chi connectivity index (χ2n) is 6.13. The summed E-state index contributed by atoms with van der Waals surface area (Å²) in [6.07, 6.45) is -1.08. The molecule has 2 aromatic rings. The highest BCUT2D eigenvalue weighted by Crippen LogP contribution is 2.24. The van der Waals surface area contributed by atoms with E-state index in [1.807, 2.05) is 0 Å². The third-order valence-corrected chi connectivity index (χ3v) is 4.31. The van der Waals surface area contributed by atoms with Gasteiger partial charge in [0.05, 0.1) is 38.2 Å². The molecule has 0 spiro atoms. The zero-order chi connectivity index (χ0) is 21.0. The van der Waals surface area contributed by atoms with Gasteiger partial charge in [0.2, 0.25) is 5.78 Å². The molecule has 0 radical (unpaired) electrons. The van der Waals surface area contributed by atoms with Crippen molar-refractivity contribution in [2.24, 2.45) is 0 Å². The van der Waals surface area contributed by atoms with Crippen LogP contribution in [0.3, 0.4) is 0 Å². The Morgan fingerprint density at radius 1 is 0.929 bits per heavy atom. The van der Waals surface area contributed by atoms with Crippen molar-refractivity contribution < 1.29 is 33.3 Å². The number of aromatic amines is 1. The van der Waals surface area contributed by atoms with Crippen LogP contribution in [0.4, 0.5) is 0 Å². The molecule has 0 saturated carbocycles. The molecule has 0 saturated heterocycles. The Morgan fingerprint density at radius 2 is 1.50 bits per heavy atom. The molecule has 1 atom stereocenters. The van der Waals surface area contributed by atoms with E-state index in [-0.39, 0.29) is 11.3 Å². The fourth-order valence-corrected chi connectivity index (χ4v) is 2.82. The summed E-state index contributed by atoms with van der Waals surface area (Å²) in [7, 11) is 4.19. The lowest BCUT2D eigenvalue weighted by molar-refractivity contribution is 0.0316. The van der Waals surface area contributed by atoms with E-state index in [1.165, 1.54) is 40.4 Å². The van der Waals surface area contributed by atoms with Crippen molar-refractivity contribution in [3.63, 3.8) is 0 Å². The smallest absolute Gasteiger partial charge is 0.339 e. The summed E-state index contributed by atoms with van der Waals surface area (Å²) >= 11 is 0. The number of Topliss-reactive ketones (excluding diaryl/α,β-unsaturated/α-hetero) is 1. The second-order valence-corrected chi connectivity index (χ2v) is 6.13. The number of ether oxygens (including phenoxy) is 4. The van der Waals surface area contributed by atoms with E-state index in [2.05, 4.69) is 4.98 Å². The lowest BCUT2D eigenvalue weighted by atomic mass is 10.1. The van der Waals surface area contributed by atoms with Crippen molar-refractivity contribution in [1.82, 2.24) is 4.98 Å². The summed E-state index contributed by atoms with van der Waals surface area (Å²) in [6, 6.07) is 4.59. The zero-order valence-corrected chi connectivity index (χ0v) is 16.7. The predicted octanol–water partition coefficient (Wildman–Crippen LogP) is 2.86. The first kappa shape index (κ1) is 21.0. The number of hydrogen-bond acceptors (Lipinski definition) is 7. The van der Waals surface area contributed by atoms with Gasteiger partial charge in [0.25, 0.3) is 0 Å². The Balaban J connectivity index is 2.23. The number of carbonyl (C=O) groups is 3. The number of aromatic nitrogens is 1. The van der Waals surface area contributed by atoms with Crippen molar-refractivity contribution in [3.05, 3.63) is 46.3 Å². The highest BCUT2D eigenvalue weighted by Gasteiger charge is 2.27. The average Bonchev–Trinajstić information content (AvgIpc) is 3.00. The fraction of sp³-hybridized carbons (Fsp3) is 0.350. The number of rotatable bonds is 7. The first-order valence-electron chi connectivity index (χ1n) is 8.49. The van der Waals surface area contributed by atoms with Crippen LogP contribution in [0.1, 0.15) is 49.4 Å². The molecule has 0 aliphatic rings. The van der Waals surface area contributed by atoms with Crippen LogP contribution in [-0.2, 0) is 9.47 Å². The molecule has 1 aromatic carbocycles. The maximum Gasteiger partial charge on any atom is 0.339 e. The molecule has 0 aliphatic heterocycles. The minimum Gasteiger partial charge on any atom is -0.497 e.